The van der Waals surface area contributed by atoms with Gasteiger partial charge in [0.25, 0.3) is 11.8 Å². The van der Waals surface area contributed by atoms with E-state index in [2.05, 4.69) is 10.3 Å². The molecule has 1 fully saturated rings. The Bertz CT molecular complexity index is 1310. The highest BCUT2D eigenvalue weighted by Crippen LogP contribution is 2.37. The molecule has 1 aromatic heterocycles. The number of para-hydroxylation sites is 1. The van der Waals surface area contributed by atoms with Gasteiger partial charge in [-0.1, -0.05) is 29.8 Å². The number of aromatic nitrogens is 1. The maximum Gasteiger partial charge on any atom is 0.270 e. The average molecular weight is 475 g/mol. The molecule has 11 heteroatoms. The lowest BCUT2D eigenvalue weighted by atomic mass is 10.2. The normalized spacial score (nSPS) is 17.0. The monoisotopic (exact) mass is 474 g/mol. The van der Waals surface area contributed by atoms with Crippen LogP contribution in [0.1, 0.15) is 10.5 Å². The molecule has 1 saturated heterocycles. The van der Waals surface area contributed by atoms with E-state index in [4.69, 9.17) is 16.3 Å². The number of nitrogens with one attached hydrogen (secondary N) is 2. The van der Waals surface area contributed by atoms with Crippen LogP contribution in [0.4, 0.5) is 5.69 Å². The summed E-state index contributed by atoms with van der Waals surface area (Å²) in [6, 6.07) is 12.1. The number of benzene rings is 2. The Labute approximate surface area is 188 Å². The fraction of sp³-hybridized carbons (Fsp3) is 0.238. The predicted molar refractivity (Wildman–Crippen MR) is 119 cm³/mol. The van der Waals surface area contributed by atoms with E-state index < -0.39 is 10.0 Å². The molecule has 2 N–H and O–H groups in total. The number of hydrogen-bond acceptors (Lipinski definition) is 5. The second-order valence-corrected chi connectivity index (χ2v) is 9.90. The van der Waals surface area contributed by atoms with Gasteiger partial charge in [0.15, 0.2) is 6.61 Å². The highest BCUT2D eigenvalue weighted by molar-refractivity contribution is 7.89. The van der Waals surface area contributed by atoms with Crippen molar-refractivity contribution in [2.45, 2.75) is 4.90 Å². The molecule has 0 radical (unpaired) electrons. The molecular weight excluding hydrogens is 456 g/mol. The number of ether oxygens (including phenoxy) is 1. The molecule has 0 saturated carbocycles. The van der Waals surface area contributed by atoms with Crippen LogP contribution < -0.4 is 10.1 Å². The molecular formula is C21H19ClN4O5S. The molecule has 2 aliphatic rings. The van der Waals surface area contributed by atoms with E-state index in [9.17, 15) is 18.0 Å². The fourth-order valence-electron chi connectivity index (χ4n) is 3.91. The first-order valence-electron chi connectivity index (χ1n) is 9.96. The van der Waals surface area contributed by atoms with E-state index in [1.165, 1.54) is 16.4 Å². The summed E-state index contributed by atoms with van der Waals surface area (Å²) in [5, 5.41) is 3.53. The molecule has 166 valence electrons. The number of aromatic amines is 1. The highest BCUT2D eigenvalue weighted by Gasteiger charge is 2.33. The summed E-state index contributed by atoms with van der Waals surface area (Å²) in [5.41, 5.74) is 1.68. The summed E-state index contributed by atoms with van der Waals surface area (Å²) in [7, 11) is -3.91. The summed E-state index contributed by atoms with van der Waals surface area (Å²) >= 11 is 6.23. The van der Waals surface area contributed by atoms with Crippen molar-refractivity contribution >= 4 is 50.0 Å². The predicted octanol–water partition coefficient (Wildman–Crippen LogP) is 2.30. The molecule has 2 amide bonds. The molecule has 3 heterocycles. The summed E-state index contributed by atoms with van der Waals surface area (Å²) in [6.45, 7) is 0.590. The van der Waals surface area contributed by atoms with Gasteiger partial charge in [0.1, 0.15) is 16.3 Å². The lowest BCUT2D eigenvalue weighted by Gasteiger charge is -2.34. The van der Waals surface area contributed by atoms with Crippen LogP contribution in [0.15, 0.2) is 47.4 Å². The van der Waals surface area contributed by atoms with Gasteiger partial charge in [0, 0.05) is 43.1 Å². The first-order valence-corrected chi connectivity index (χ1v) is 11.8. The van der Waals surface area contributed by atoms with Crippen molar-refractivity contribution < 1.29 is 22.7 Å². The standard InChI is InChI=1S/C21H19ClN4O5S/c22-14-10-16-18(31-12-20(27)24-16)11-19(14)32(29,30)26-7-5-25(6-8-26)21(28)17-9-13-3-1-2-4-15(13)23-17/h1-4,9-11,23H,5-8,12H2,(H,24,27). The minimum atomic E-state index is -3.91. The maximum absolute atomic E-state index is 13.2. The molecule has 32 heavy (non-hydrogen) atoms. The number of rotatable bonds is 3. The van der Waals surface area contributed by atoms with Gasteiger partial charge in [0.05, 0.1) is 10.7 Å². The van der Waals surface area contributed by atoms with Crippen molar-refractivity contribution in [3.8, 4) is 5.75 Å². The largest absolute Gasteiger partial charge is 0.482 e. The van der Waals surface area contributed by atoms with Gasteiger partial charge >= 0.3 is 0 Å². The molecule has 0 bridgehead atoms. The first kappa shape index (κ1) is 20.8. The van der Waals surface area contributed by atoms with Gasteiger partial charge in [-0.3, -0.25) is 9.59 Å². The van der Waals surface area contributed by atoms with Crippen LogP contribution in [0.2, 0.25) is 5.02 Å². The Morgan fingerprint density at radius 1 is 1.06 bits per heavy atom. The van der Waals surface area contributed by atoms with E-state index in [1.807, 2.05) is 24.3 Å². The van der Waals surface area contributed by atoms with Gasteiger partial charge in [0.2, 0.25) is 10.0 Å². The minimum absolute atomic E-state index is 0.00821. The number of halogens is 1. The van der Waals surface area contributed by atoms with Crippen LogP contribution in [0.5, 0.6) is 5.75 Å². The van der Waals surface area contributed by atoms with Gasteiger partial charge < -0.3 is 19.9 Å². The summed E-state index contributed by atoms with van der Waals surface area (Å²) < 4.78 is 33.1. The number of anilines is 1. The number of carbonyl (C=O) groups is 2. The van der Waals surface area contributed by atoms with Crippen LogP contribution in [-0.4, -0.2) is 67.2 Å². The Hall–Kier alpha value is -3.08. The van der Waals surface area contributed by atoms with Crippen molar-refractivity contribution in [2.24, 2.45) is 0 Å². The second kappa shape index (κ2) is 7.80. The zero-order chi connectivity index (χ0) is 22.5. The SMILES string of the molecule is O=C1COc2cc(S(=O)(=O)N3CCN(C(=O)c4cc5ccccc5[nH]4)CC3)c(Cl)cc2N1. The third-order valence-corrected chi connectivity index (χ3v) is 7.93. The van der Waals surface area contributed by atoms with Gasteiger partial charge in [-0.05, 0) is 18.2 Å². The van der Waals surface area contributed by atoms with E-state index in [-0.39, 0.29) is 60.3 Å². The quantitative estimate of drug-likeness (QED) is 0.605. The summed E-state index contributed by atoms with van der Waals surface area (Å²) in [5.74, 6) is -0.255. The third kappa shape index (κ3) is 3.60. The zero-order valence-corrected chi connectivity index (χ0v) is 18.4. The van der Waals surface area contributed by atoms with Crippen molar-refractivity contribution in [3.63, 3.8) is 0 Å². The molecule has 9 nitrogen and oxygen atoms in total. The van der Waals surface area contributed by atoms with Crippen LogP contribution in [0, 0.1) is 0 Å². The van der Waals surface area contributed by atoms with Crippen LogP contribution in [0.3, 0.4) is 0 Å². The maximum atomic E-state index is 13.2. The number of fused-ring (bicyclic) bond motifs is 2. The molecule has 2 aliphatic heterocycles. The molecule has 2 aromatic carbocycles. The lowest BCUT2D eigenvalue weighted by molar-refractivity contribution is -0.118. The molecule has 0 unspecified atom stereocenters. The number of amides is 2. The van der Waals surface area contributed by atoms with Crippen LogP contribution >= 0.6 is 11.6 Å². The van der Waals surface area contributed by atoms with Gasteiger partial charge in [-0.25, -0.2) is 8.42 Å². The molecule has 5 rings (SSSR count). The van der Waals surface area contributed by atoms with Gasteiger partial charge in [-0.15, -0.1) is 0 Å². The van der Waals surface area contributed by atoms with E-state index >= 15 is 0 Å². The van der Waals surface area contributed by atoms with Crippen molar-refractivity contribution in [3.05, 3.63) is 53.2 Å². The summed E-state index contributed by atoms with van der Waals surface area (Å²) in [4.78, 5) is 29.0. The molecule has 3 aromatic rings. The Morgan fingerprint density at radius 3 is 2.56 bits per heavy atom. The Balaban J connectivity index is 1.32. The number of piperazine rings is 1. The third-order valence-electron chi connectivity index (χ3n) is 5.57. The fourth-order valence-corrected chi connectivity index (χ4v) is 5.85. The van der Waals surface area contributed by atoms with Crippen molar-refractivity contribution in [1.82, 2.24) is 14.2 Å². The second-order valence-electron chi connectivity index (χ2n) is 7.58. The first-order chi connectivity index (χ1) is 15.3. The summed E-state index contributed by atoms with van der Waals surface area (Å²) in [6.07, 6.45) is 0. The number of sulfonamides is 1. The van der Waals surface area contributed by atoms with Crippen LogP contribution in [-0.2, 0) is 14.8 Å². The minimum Gasteiger partial charge on any atom is -0.482 e. The average Bonchev–Trinajstić information content (AvgIpc) is 3.22. The zero-order valence-electron chi connectivity index (χ0n) is 16.8. The van der Waals surface area contributed by atoms with Gasteiger partial charge in [-0.2, -0.15) is 4.31 Å². The van der Waals surface area contributed by atoms with E-state index in [0.29, 0.717) is 11.4 Å². The number of carbonyl (C=O) groups excluding carboxylic acids is 2. The Kier molecular flexibility index (Phi) is 5.07. The molecule has 0 aliphatic carbocycles. The smallest absolute Gasteiger partial charge is 0.270 e. The van der Waals surface area contributed by atoms with Crippen LogP contribution in [0.25, 0.3) is 10.9 Å². The number of nitrogens with zero attached hydrogens (tertiary/aromatic N) is 2. The topological polar surface area (TPSA) is 112 Å². The lowest BCUT2D eigenvalue weighted by Crippen LogP contribution is -2.50. The molecule has 0 atom stereocenters. The van der Waals surface area contributed by atoms with Crippen molar-refractivity contribution in [2.75, 3.05) is 38.1 Å². The molecule has 0 spiro atoms. The Morgan fingerprint density at radius 2 is 1.81 bits per heavy atom. The highest BCUT2D eigenvalue weighted by atomic mass is 35.5. The van der Waals surface area contributed by atoms with E-state index in [0.717, 1.165) is 10.9 Å². The number of hydrogen-bond donors (Lipinski definition) is 2. The van der Waals surface area contributed by atoms with E-state index in [1.54, 1.807) is 11.0 Å². The number of H-pyrrole nitrogens is 1. The van der Waals surface area contributed by atoms with Crippen molar-refractivity contribution in [1.29, 1.82) is 0 Å².